The minimum absolute atomic E-state index is 0.0986. The van der Waals surface area contributed by atoms with Gasteiger partial charge in [0.2, 0.25) is 5.91 Å². The number of carbonyl (C=O) groups is 1. The number of aromatic nitrogens is 2. The van der Waals surface area contributed by atoms with Crippen LogP contribution in [0.15, 0.2) is 35.5 Å². The molecule has 27 heavy (non-hydrogen) atoms. The smallest absolute Gasteiger partial charge is 0.225 e. The minimum Gasteiger partial charge on any atom is -0.340 e. The molecule has 2 fully saturated rings. The van der Waals surface area contributed by atoms with Gasteiger partial charge in [-0.15, -0.1) is 0 Å². The molecule has 6 nitrogen and oxygen atoms in total. The molecule has 2 aliphatic heterocycles. The van der Waals surface area contributed by atoms with Gasteiger partial charge in [0.05, 0.1) is 16.3 Å². The van der Waals surface area contributed by atoms with Crippen LogP contribution in [0.1, 0.15) is 24.3 Å². The number of likely N-dealkylation sites (tertiary alicyclic amines) is 1. The molecule has 3 aliphatic rings. The van der Waals surface area contributed by atoms with Crippen molar-refractivity contribution < 1.29 is 17.6 Å². The average molecular weight is 389 g/mol. The van der Waals surface area contributed by atoms with Crippen molar-refractivity contribution >= 4 is 15.7 Å². The number of benzene rings is 1. The lowest BCUT2D eigenvalue weighted by molar-refractivity contribution is -0.139. The Morgan fingerprint density at radius 3 is 2.67 bits per heavy atom. The summed E-state index contributed by atoms with van der Waals surface area (Å²) in [7, 11) is -1.62. The maximum absolute atomic E-state index is 13.1. The van der Waals surface area contributed by atoms with Gasteiger partial charge in [-0.3, -0.25) is 9.48 Å². The number of carbonyl (C=O) groups excluding carboxylic acids is 1. The zero-order valence-electron chi connectivity index (χ0n) is 14.9. The highest BCUT2D eigenvalue weighted by Crippen LogP contribution is 2.47. The predicted molar refractivity (Wildman–Crippen MR) is 96.6 cm³/mol. The number of hydrogen-bond donors (Lipinski definition) is 0. The van der Waals surface area contributed by atoms with E-state index in [1.54, 1.807) is 21.8 Å². The first kappa shape index (κ1) is 16.9. The lowest BCUT2D eigenvalue weighted by Crippen LogP contribution is -2.42. The molecule has 142 valence electrons. The second-order valence-electron chi connectivity index (χ2n) is 7.85. The third-order valence-corrected chi connectivity index (χ3v) is 8.42. The van der Waals surface area contributed by atoms with E-state index in [4.69, 9.17) is 0 Å². The molecular weight excluding hydrogens is 369 g/mol. The lowest BCUT2D eigenvalue weighted by atomic mass is 9.82. The van der Waals surface area contributed by atoms with E-state index in [0.717, 1.165) is 16.7 Å². The Morgan fingerprint density at radius 2 is 2.00 bits per heavy atom. The zero-order chi connectivity index (χ0) is 18.9. The second kappa shape index (κ2) is 5.64. The van der Waals surface area contributed by atoms with Crippen molar-refractivity contribution in [1.29, 1.82) is 0 Å². The molecule has 2 atom stereocenters. The molecule has 0 spiro atoms. The molecule has 0 N–H and O–H groups in total. The van der Waals surface area contributed by atoms with Crippen LogP contribution in [0.4, 0.5) is 4.39 Å². The lowest BCUT2D eigenvalue weighted by Gasteiger charge is -2.32. The largest absolute Gasteiger partial charge is 0.340 e. The highest BCUT2D eigenvalue weighted by Gasteiger charge is 2.52. The fraction of sp³-hybridized carbons (Fsp3) is 0.474. The summed E-state index contributed by atoms with van der Waals surface area (Å²) < 4.78 is 40.8. The molecule has 1 aliphatic carbocycles. The summed E-state index contributed by atoms with van der Waals surface area (Å²) in [5.74, 6) is -0.604. The van der Waals surface area contributed by atoms with E-state index in [1.165, 1.54) is 0 Å². The molecule has 5 rings (SSSR count). The van der Waals surface area contributed by atoms with Crippen molar-refractivity contribution in [2.45, 2.75) is 35.1 Å². The molecule has 0 unspecified atom stereocenters. The van der Waals surface area contributed by atoms with E-state index in [9.17, 15) is 17.6 Å². The molecule has 3 heterocycles. The summed E-state index contributed by atoms with van der Waals surface area (Å²) in [6.07, 6.45) is 3.26. The molecule has 0 radical (unpaired) electrons. The Labute approximate surface area is 156 Å². The molecule has 1 aromatic carbocycles. The Hall–Kier alpha value is -2.22. The van der Waals surface area contributed by atoms with Crippen molar-refractivity contribution in [3.05, 3.63) is 36.2 Å². The molecule has 1 amide bonds. The van der Waals surface area contributed by atoms with Gasteiger partial charge in [-0.05, 0) is 36.1 Å². The van der Waals surface area contributed by atoms with Gasteiger partial charge in [0.25, 0.3) is 0 Å². The Bertz CT molecular complexity index is 1040. The van der Waals surface area contributed by atoms with E-state index in [-0.39, 0.29) is 37.1 Å². The first-order valence-electron chi connectivity index (χ1n) is 9.14. The summed E-state index contributed by atoms with van der Waals surface area (Å²) in [6.45, 7) is 0.593. The highest BCUT2D eigenvalue weighted by atomic mass is 32.2. The first-order chi connectivity index (χ1) is 12.8. The number of nitrogens with zero attached hydrogens (tertiary/aromatic N) is 3. The number of alkyl halides is 1. The van der Waals surface area contributed by atoms with Crippen LogP contribution in [0, 0.1) is 5.92 Å². The van der Waals surface area contributed by atoms with Crippen LogP contribution in [0.5, 0.6) is 0 Å². The fourth-order valence-corrected chi connectivity index (χ4v) is 6.75. The summed E-state index contributed by atoms with van der Waals surface area (Å²) in [5, 5.41) is 3.58. The highest BCUT2D eigenvalue weighted by molar-refractivity contribution is 7.92. The van der Waals surface area contributed by atoms with Gasteiger partial charge in [0.1, 0.15) is 6.17 Å². The molecular formula is C19H20FN3O3S. The van der Waals surface area contributed by atoms with Crippen LogP contribution >= 0.6 is 0 Å². The maximum Gasteiger partial charge on any atom is 0.225 e. The quantitative estimate of drug-likeness (QED) is 0.787. The summed E-state index contributed by atoms with van der Waals surface area (Å²) in [6, 6.07) is 5.41. The molecule has 1 saturated carbocycles. The van der Waals surface area contributed by atoms with Crippen LogP contribution < -0.4 is 0 Å². The van der Waals surface area contributed by atoms with E-state index >= 15 is 0 Å². The van der Waals surface area contributed by atoms with E-state index < -0.39 is 21.3 Å². The minimum atomic E-state index is -3.46. The van der Waals surface area contributed by atoms with Gasteiger partial charge in [0.15, 0.2) is 9.84 Å². The third-order valence-electron chi connectivity index (χ3n) is 6.16. The van der Waals surface area contributed by atoms with Crippen molar-refractivity contribution in [2.24, 2.45) is 13.0 Å². The van der Waals surface area contributed by atoms with Gasteiger partial charge in [0, 0.05) is 43.7 Å². The second-order valence-corrected chi connectivity index (χ2v) is 9.99. The monoisotopic (exact) mass is 389 g/mol. The first-order valence-corrected chi connectivity index (χ1v) is 10.7. The van der Waals surface area contributed by atoms with E-state index in [1.807, 2.05) is 25.4 Å². The Balaban J connectivity index is 1.48. The van der Waals surface area contributed by atoms with Crippen LogP contribution in [0.3, 0.4) is 0 Å². The number of fused-ring (bicyclic) bond motifs is 3. The summed E-state index contributed by atoms with van der Waals surface area (Å²) in [5.41, 5.74) is 2.63. The van der Waals surface area contributed by atoms with Gasteiger partial charge >= 0.3 is 0 Å². The predicted octanol–water partition coefficient (Wildman–Crippen LogP) is 1.92. The standard InChI is InChI=1S/C19H20FN3O3S/c1-22-8-13(7-21-22)11-2-3-17-15(6-11)16-9-23(10-18(16)27(17,25)26)19(24)12-4-14(20)5-12/h2-3,6-8,12,14,16,18H,4-5,9-10H2,1H3/t12?,14?,16-,18+/m0/s1. The van der Waals surface area contributed by atoms with Gasteiger partial charge in [-0.25, -0.2) is 12.8 Å². The topological polar surface area (TPSA) is 72.3 Å². The van der Waals surface area contributed by atoms with Crippen LogP contribution in [-0.4, -0.2) is 53.5 Å². The number of amides is 1. The van der Waals surface area contributed by atoms with E-state index in [2.05, 4.69) is 5.10 Å². The van der Waals surface area contributed by atoms with Gasteiger partial charge < -0.3 is 4.90 Å². The fourth-order valence-electron chi connectivity index (χ4n) is 4.59. The molecule has 0 bridgehead atoms. The van der Waals surface area contributed by atoms with Crippen molar-refractivity contribution in [1.82, 2.24) is 14.7 Å². The van der Waals surface area contributed by atoms with Crippen LogP contribution in [0.25, 0.3) is 11.1 Å². The number of rotatable bonds is 2. The number of halogens is 1. The third kappa shape index (κ3) is 2.46. The van der Waals surface area contributed by atoms with Crippen molar-refractivity contribution in [3.8, 4) is 11.1 Å². The Kier molecular flexibility index (Phi) is 3.53. The summed E-state index contributed by atoms with van der Waals surface area (Å²) >= 11 is 0. The number of aryl methyl sites for hydroxylation is 1. The zero-order valence-corrected chi connectivity index (χ0v) is 15.7. The van der Waals surface area contributed by atoms with Gasteiger partial charge in [-0.2, -0.15) is 5.10 Å². The maximum atomic E-state index is 13.1. The van der Waals surface area contributed by atoms with E-state index in [0.29, 0.717) is 11.4 Å². The molecule has 1 aromatic heterocycles. The van der Waals surface area contributed by atoms with Gasteiger partial charge in [-0.1, -0.05) is 6.07 Å². The molecule has 1 saturated heterocycles. The van der Waals surface area contributed by atoms with Crippen LogP contribution in [-0.2, 0) is 21.7 Å². The molecule has 2 aromatic rings. The van der Waals surface area contributed by atoms with Crippen LogP contribution in [0.2, 0.25) is 0 Å². The van der Waals surface area contributed by atoms with Crippen molar-refractivity contribution in [3.63, 3.8) is 0 Å². The Morgan fingerprint density at radius 1 is 1.22 bits per heavy atom. The normalized spacial score (nSPS) is 30.7. The summed E-state index contributed by atoms with van der Waals surface area (Å²) in [4.78, 5) is 14.6. The average Bonchev–Trinajstić information content (AvgIpc) is 3.28. The number of sulfone groups is 1. The van der Waals surface area contributed by atoms with Crippen molar-refractivity contribution in [2.75, 3.05) is 13.1 Å². The molecule has 8 heteroatoms. The SMILES string of the molecule is Cn1cc(-c2ccc3c(c2)[C@@H]2CN(C(=O)C4CC(F)C4)C[C@H]2S3(=O)=O)cn1. The number of hydrogen-bond acceptors (Lipinski definition) is 4.